The zero-order chi connectivity index (χ0) is 16.7. The molecule has 128 valence electrons. The van der Waals surface area contributed by atoms with E-state index in [-0.39, 0.29) is 18.3 Å². The number of hydrogen-bond acceptors (Lipinski definition) is 3. The van der Waals surface area contributed by atoms with Gasteiger partial charge in [-0.1, -0.05) is 19.1 Å². The van der Waals surface area contributed by atoms with Crippen molar-refractivity contribution in [3.63, 3.8) is 0 Å². The zero-order valence-electron chi connectivity index (χ0n) is 13.8. The van der Waals surface area contributed by atoms with Gasteiger partial charge in [0, 0.05) is 6.42 Å². The monoisotopic (exact) mass is 322 g/mol. The number of hydrogen-bond donors (Lipinski definition) is 2. The summed E-state index contributed by atoms with van der Waals surface area (Å²) in [5, 5.41) is 12.3. The zero-order valence-corrected chi connectivity index (χ0v) is 13.8. The molecule has 2 N–H and O–H groups in total. The molecular formula is C18H27FN2O2. The molecule has 1 atom stereocenters. The van der Waals surface area contributed by atoms with Crippen molar-refractivity contribution >= 4 is 5.91 Å². The highest BCUT2D eigenvalue weighted by molar-refractivity contribution is 5.76. The number of amides is 1. The first-order chi connectivity index (χ1) is 11.1. The topological polar surface area (TPSA) is 52.6 Å². The van der Waals surface area contributed by atoms with Gasteiger partial charge in [-0.3, -0.25) is 4.79 Å². The predicted molar refractivity (Wildman–Crippen MR) is 88.4 cm³/mol. The Hall–Kier alpha value is -1.46. The van der Waals surface area contributed by atoms with Gasteiger partial charge >= 0.3 is 0 Å². The molecule has 23 heavy (non-hydrogen) atoms. The van der Waals surface area contributed by atoms with E-state index in [9.17, 15) is 14.3 Å². The summed E-state index contributed by atoms with van der Waals surface area (Å²) in [7, 11) is 0. The Labute approximate surface area is 137 Å². The molecule has 4 nitrogen and oxygen atoms in total. The van der Waals surface area contributed by atoms with Crippen molar-refractivity contribution in [3.8, 4) is 0 Å². The van der Waals surface area contributed by atoms with Gasteiger partial charge in [-0.2, -0.15) is 0 Å². The standard InChI is InChI=1S/C18H27FN2O2/c1-2-9-21-10-7-14(8-11-21)12-18(23)20-17(13-22)15-3-5-16(19)6-4-15/h3-6,14,17,22H,2,7-13H2,1H3,(H,20,23)/t17-/m0/s1. The second-order valence-electron chi connectivity index (χ2n) is 6.34. The van der Waals surface area contributed by atoms with Crippen LogP contribution in [0.2, 0.25) is 0 Å². The Balaban J connectivity index is 1.80. The molecule has 0 unspecified atom stereocenters. The van der Waals surface area contributed by atoms with Crippen LogP contribution in [0.1, 0.15) is 44.2 Å². The minimum Gasteiger partial charge on any atom is -0.394 e. The second kappa shape index (κ2) is 8.99. The van der Waals surface area contributed by atoms with Gasteiger partial charge in [0.15, 0.2) is 0 Å². The third-order valence-electron chi connectivity index (χ3n) is 4.51. The highest BCUT2D eigenvalue weighted by Crippen LogP contribution is 2.21. The smallest absolute Gasteiger partial charge is 0.220 e. The number of piperidine rings is 1. The van der Waals surface area contributed by atoms with Gasteiger partial charge in [0.05, 0.1) is 12.6 Å². The molecule has 1 aliphatic rings. The summed E-state index contributed by atoms with van der Waals surface area (Å²) in [4.78, 5) is 14.7. The first-order valence-corrected chi connectivity index (χ1v) is 8.50. The average Bonchev–Trinajstić information content (AvgIpc) is 2.56. The lowest BCUT2D eigenvalue weighted by molar-refractivity contribution is -0.123. The number of rotatable bonds is 7. The maximum Gasteiger partial charge on any atom is 0.220 e. The average molecular weight is 322 g/mol. The molecule has 0 bridgehead atoms. The molecule has 0 radical (unpaired) electrons. The number of likely N-dealkylation sites (tertiary alicyclic amines) is 1. The third kappa shape index (κ3) is 5.59. The Bertz CT molecular complexity index is 484. The van der Waals surface area contributed by atoms with Gasteiger partial charge < -0.3 is 15.3 Å². The minimum absolute atomic E-state index is 0.0395. The summed E-state index contributed by atoms with van der Waals surface area (Å²) in [6.07, 6.45) is 3.76. The highest BCUT2D eigenvalue weighted by Gasteiger charge is 2.22. The SMILES string of the molecule is CCCN1CCC(CC(=O)N[C@@H](CO)c2ccc(F)cc2)CC1. The molecule has 1 aromatic rings. The van der Waals surface area contributed by atoms with Gasteiger partial charge in [0.1, 0.15) is 5.82 Å². The van der Waals surface area contributed by atoms with E-state index >= 15 is 0 Å². The van der Waals surface area contributed by atoms with Crippen molar-refractivity contribution in [2.45, 2.75) is 38.6 Å². The summed E-state index contributed by atoms with van der Waals surface area (Å²) in [5.41, 5.74) is 0.722. The molecule has 1 heterocycles. The Morgan fingerprint density at radius 3 is 2.57 bits per heavy atom. The third-order valence-corrected chi connectivity index (χ3v) is 4.51. The molecule has 5 heteroatoms. The van der Waals surface area contributed by atoms with Crippen LogP contribution in [0.3, 0.4) is 0 Å². The van der Waals surface area contributed by atoms with Crippen molar-refractivity contribution in [2.75, 3.05) is 26.2 Å². The number of halogens is 1. The second-order valence-corrected chi connectivity index (χ2v) is 6.34. The number of carbonyl (C=O) groups is 1. The van der Waals surface area contributed by atoms with Crippen LogP contribution in [0.5, 0.6) is 0 Å². The molecule has 1 aromatic carbocycles. The van der Waals surface area contributed by atoms with Crippen LogP contribution in [-0.2, 0) is 4.79 Å². The van der Waals surface area contributed by atoms with Gasteiger partial charge in [0.2, 0.25) is 5.91 Å². The normalized spacial score (nSPS) is 17.9. The van der Waals surface area contributed by atoms with Crippen LogP contribution in [0.15, 0.2) is 24.3 Å². The number of aliphatic hydroxyl groups is 1. The summed E-state index contributed by atoms with van der Waals surface area (Å²) in [6, 6.07) is 5.41. The first-order valence-electron chi connectivity index (χ1n) is 8.50. The lowest BCUT2D eigenvalue weighted by Crippen LogP contribution is -2.37. The number of aliphatic hydroxyl groups excluding tert-OH is 1. The molecule has 1 aliphatic heterocycles. The van der Waals surface area contributed by atoms with E-state index in [0.717, 1.165) is 38.0 Å². The summed E-state index contributed by atoms with van der Waals surface area (Å²) < 4.78 is 13.0. The Kier molecular flexibility index (Phi) is 6.99. The molecular weight excluding hydrogens is 295 g/mol. The molecule has 1 saturated heterocycles. The maximum absolute atomic E-state index is 13.0. The molecule has 0 aromatic heterocycles. The fourth-order valence-electron chi connectivity index (χ4n) is 3.18. The van der Waals surface area contributed by atoms with Crippen molar-refractivity contribution in [1.29, 1.82) is 0 Å². The van der Waals surface area contributed by atoms with Crippen LogP contribution in [0, 0.1) is 11.7 Å². The van der Waals surface area contributed by atoms with E-state index in [4.69, 9.17) is 0 Å². The maximum atomic E-state index is 13.0. The number of nitrogens with one attached hydrogen (secondary N) is 1. The van der Waals surface area contributed by atoms with Gasteiger partial charge in [-0.25, -0.2) is 4.39 Å². The molecule has 0 spiro atoms. The van der Waals surface area contributed by atoms with Crippen LogP contribution in [-0.4, -0.2) is 42.2 Å². The van der Waals surface area contributed by atoms with Crippen LogP contribution < -0.4 is 5.32 Å². The van der Waals surface area contributed by atoms with E-state index in [1.165, 1.54) is 18.6 Å². The van der Waals surface area contributed by atoms with Crippen LogP contribution >= 0.6 is 0 Å². The highest BCUT2D eigenvalue weighted by atomic mass is 19.1. The van der Waals surface area contributed by atoms with Gasteiger partial charge in [0.25, 0.3) is 0 Å². The fraction of sp³-hybridized carbons (Fsp3) is 0.611. The lowest BCUT2D eigenvalue weighted by atomic mass is 9.93. The number of carbonyl (C=O) groups excluding carboxylic acids is 1. The van der Waals surface area contributed by atoms with E-state index in [0.29, 0.717) is 12.3 Å². The van der Waals surface area contributed by atoms with E-state index in [1.807, 2.05) is 0 Å². The molecule has 1 amide bonds. The first kappa shape index (κ1) is 17.9. The summed E-state index contributed by atoms with van der Waals surface area (Å²) in [5.74, 6) is 0.0496. The molecule has 2 rings (SSSR count). The molecule has 0 saturated carbocycles. The van der Waals surface area contributed by atoms with E-state index in [1.54, 1.807) is 12.1 Å². The Morgan fingerprint density at radius 2 is 2.00 bits per heavy atom. The summed E-state index contributed by atoms with van der Waals surface area (Å²) >= 11 is 0. The van der Waals surface area contributed by atoms with Crippen LogP contribution in [0.25, 0.3) is 0 Å². The quantitative estimate of drug-likeness (QED) is 0.811. The van der Waals surface area contributed by atoms with Crippen molar-refractivity contribution in [2.24, 2.45) is 5.92 Å². The van der Waals surface area contributed by atoms with Crippen molar-refractivity contribution < 1.29 is 14.3 Å². The predicted octanol–water partition coefficient (Wildman–Crippen LogP) is 2.49. The number of nitrogens with zero attached hydrogens (tertiary/aromatic N) is 1. The number of benzene rings is 1. The van der Waals surface area contributed by atoms with Crippen molar-refractivity contribution in [1.82, 2.24) is 10.2 Å². The summed E-state index contributed by atoms with van der Waals surface area (Å²) in [6.45, 7) is 5.26. The van der Waals surface area contributed by atoms with E-state index < -0.39 is 6.04 Å². The fourth-order valence-corrected chi connectivity index (χ4v) is 3.18. The van der Waals surface area contributed by atoms with Gasteiger partial charge in [-0.05, 0) is 62.5 Å². The van der Waals surface area contributed by atoms with Crippen molar-refractivity contribution in [3.05, 3.63) is 35.6 Å². The van der Waals surface area contributed by atoms with Crippen LogP contribution in [0.4, 0.5) is 4.39 Å². The molecule has 1 fully saturated rings. The van der Waals surface area contributed by atoms with E-state index in [2.05, 4.69) is 17.1 Å². The lowest BCUT2D eigenvalue weighted by Gasteiger charge is -2.31. The van der Waals surface area contributed by atoms with Gasteiger partial charge in [-0.15, -0.1) is 0 Å². The largest absolute Gasteiger partial charge is 0.394 e. The minimum atomic E-state index is -0.469. The Morgan fingerprint density at radius 1 is 1.35 bits per heavy atom. The molecule has 0 aliphatic carbocycles.